The van der Waals surface area contributed by atoms with Crippen molar-refractivity contribution in [3.63, 3.8) is 0 Å². The summed E-state index contributed by atoms with van der Waals surface area (Å²) in [4.78, 5) is 1.15. The van der Waals surface area contributed by atoms with E-state index in [0.717, 1.165) is 18.7 Å². The molecule has 0 aliphatic carbocycles. The van der Waals surface area contributed by atoms with Crippen LogP contribution in [-0.4, -0.2) is 0 Å². The number of hydrogen-bond donors (Lipinski definition) is 1. The molecule has 19 heavy (non-hydrogen) atoms. The zero-order chi connectivity index (χ0) is 13.4. The standard InChI is InChI=1S/C15H11Br2NS/c16-12-8-13(19-15(12)17)14(18)11-6-5-9-3-1-2-4-10(9)7-11/h1-8,14H,18H2. The van der Waals surface area contributed by atoms with Crippen molar-refractivity contribution in [3.05, 3.63) is 67.2 Å². The second-order valence-corrected chi connectivity index (χ2v) is 7.61. The molecule has 0 spiro atoms. The smallest absolute Gasteiger partial charge is 0.0843 e. The van der Waals surface area contributed by atoms with E-state index in [-0.39, 0.29) is 6.04 Å². The van der Waals surface area contributed by atoms with E-state index in [1.54, 1.807) is 11.3 Å². The average Bonchev–Trinajstić information content (AvgIpc) is 2.77. The van der Waals surface area contributed by atoms with Crippen LogP contribution >= 0.6 is 43.2 Å². The van der Waals surface area contributed by atoms with Crippen molar-refractivity contribution < 1.29 is 0 Å². The Balaban J connectivity index is 2.03. The number of halogens is 2. The van der Waals surface area contributed by atoms with Crippen molar-refractivity contribution in [1.82, 2.24) is 0 Å². The molecular formula is C15H11Br2NS. The maximum atomic E-state index is 6.36. The summed E-state index contributed by atoms with van der Waals surface area (Å²) in [7, 11) is 0. The molecule has 0 radical (unpaired) electrons. The second kappa shape index (κ2) is 5.37. The predicted molar refractivity (Wildman–Crippen MR) is 89.7 cm³/mol. The van der Waals surface area contributed by atoms with Crippen molar-refractivity contribution in [2.75, 3.05) is 0 Å². The first-order chi connectivity index (χ1) is 9.15. The van der Waals surface area contributed by atoms with Gasteiger partial charge >= 0.3 is 0 Å². The van der Waals surface area contributed by atoms with Crippen molar-refractivity contribution in [2.24, 2.45) is 5.73 Å². The molecule has 4 heteroatoms. The average molecular weight is 397 g/mol. The monoisotopic (exact) mass is 395 g/mol. The van der Waals surface area contributed by atoms with Crippen LogP contribution in [0.3, 0.4) is 0 Å². The predicted octanol–water partition coefficient (Wildman–Crippen LogP) is 5.47. The van der Waals surface area contributed by atoms with E-state index in [2.05, 4.69) is 80.4 Å². The summed E-state index contributed by atoms with van der Waals surface area (Å²) in [6.07, 6.45) is 0. The van der Waals surface area contributed by atoms with Gasteiger partial charge in [-0.2, -0.15) is 0 Å². The summed E-state index contributed by atoms with van der Waals surface area (Å²) in [5, 5.41) is 2.47. The molecule has 1 unspecified atom stereocenters. The minimum Gasteiger partial charge on any atom is -0.320 e. The summed E-state index contributed by atoms with van der Waals surface area (Å²) in [6, 6.07) is 16.7. The van der Waals surface area contributed by atoms with Crippen molar-refractivity contribution in [1.29, 1.82) is 0 Å². The molecule has 0 fully saturated rings. The molecule has 2 N–H and O–H groups in total. The molecule has 1 heterocycles. The molecule has 0 aliphatic rings. The Kier molecular flexibility index (Phi) is 3.76. The number of rotatable bonds is 2. The molecule has 0 amide bonds. The molecule has 0 bridgehead atoms. The minimum atomic E-state index is -0.0859. The topological polar surface area (TPSA) is 26.0 Å². The zero-order valence-electron chi connectivity index (χ0n) is 9.94. The van der Waals surface area contributed by atoms with Crippen molar-refractivity contribution in [2.45, 2.75) is 6.04 Å². The van der Waals surface area contributed by atoms with Crippen LogP contribution in [0, 0.1) is 0 Å². The Labute approximate surface area is 132 Å². The molecule has 2 aromatic carbocycles. The van der Waals surface area contributed by atoms with E-state index in [1.165, 1.54) is 10.8 Å². The first-order valence-corrected chi connectivity index (χ1v) is 8.24. The lowest BCUT2D eigenvalue weighted by atomic mass is 10.0. The van der Waals surface area contributed by atoms with E-state index in [0.29, 0.717) is 0 Å². The fourth-order valence-corrected chi connectivity index (χ4v) is 4.20. The van der Waals surface area contributed by atoms with Gasteiger partial charge in [-0.05, 0) is 60.3 Å². The van der Waals surface area contributed by atoms with Crippen LogP contribution in [0.25, 0.3) is 10.8 Å². The van der Waals surface area contributed by atoms with Crippen LogP contribution in [0.1, 0.15) is 16.5 Å². The molecule has 0 saturated heterocycles. The van der Waals surface area contributed by atoms with E-state index < -0.39 is 0 Å². The highest BCUT2D eigenvalue weighted by Gasteiger charge is 2.14. The van der Waals surface area contributed by atoms with Crippen LogP contribution in [0.2, 0.25) is 0 Å². The van der Waals surface area contributed by atoms with Crippen LogP contribution in [0.5, 0.6) is 0 Å². The Morgan fingerprint density at radius 3 is 2.37 bits per heavy atom. The van der Waals surface area contributed by atoms with Gasteiger partial charge in [0, 0.05) is 9.35 Å². The third-order valence-corrected chi connectivity index (χ3v) is 6.44. The summed E-state index contributed by atoms with van der Waals surface area (Å²) in [5.41, 5.74) is 7.50. The van der Waals surface area contributed by atoms with Gasteiger partial charge in [0.05, 0.1) is 9.83 Å². The van der Waals surface area contributed by atoms with Gasteiger partial charge in [-0.15, -0.1) is 11.3 Å². The number of nitrogens with two attached hydrogens (primary N) is 1. The van der Waals surface area contributed by atoms with Crippen LogP contribution in [-0.2, 0) is 0 Å². The van der Waals surface area contributed by atoms with Gasteiger partial charge in [-0.25, -0.2) is 0 Å². The maximum Gasteiger partial charge on any atom is 0.0843 e. The lowest BCUT2D eigenvalue weighted by Gasteiger charge is -2.11. The van der Waals surface area contributed by atoms with Gasteiger partial charge in [0.2, 0.25) is 0 Å². The van der Waals surface area contributed by atoms with Gasteiger partial charge in [-0.1, -0.05) is 36.4 Å². The molecule has 0 aliphatic heterocycles. The SMILES string of the molecule is NC(c1ccc2ccccc2c1)c1cc(Br)c(Br)s1. The lowest BCUT2D eigenvalue weighted by Crippen LogP contribution is -2.09. The van der Waals surface area contributed by atoms with Gasteiger partial charge < -0.3 is 5.73 Å². The molecule has 1 nitrogen and oxygen atoms in total. The Bertz CT molecular complexity index is 716. The fraction of sp³-hybridized carbons (Fsp3) is 0.0667. The second-order valence-electron chi connectivity index (χ2n) is 4.35. The maximum absolute atomic E-state index is 6.36. The minimum absolute atomic E-state index is 0.0859. The molecule has 96 valence electrons. The van der Waals surface area contributed by atoms with Crippen molar-refractivity contribution >= 4 is 54.0 Å². The largest absolute Gasteiger partial charge is 0.320 e. The van der Waals surface area contributed by atoms with E-state index in [9.17, 15) is 0 Å². The normalized spacial score (nSPS) is 12.8. The van der Waals surface area contributed by atoms with Crippen LogP contribution in [0.4, 0.5) is 0 Å². The first kappa shape index (κ1) is 13.3. The quantitative estimate of drug-likeness (QED) is 0.610. The number of thiophene rings is 1. The molecule has 0 saturated carbocycles. The highest BCUT2D eigenvalue weighted by atomic mass is 79.9. The molecule has 3 aromatic rings. The van der Waals surface area contributed by atoms with Crippen LogP contribution < -0.4 is 5.73 Å². The fourth-order valence-electron chi connectivity index (χ4n) is 2.08. The summed E-state index contributed by atoms with van der Waals surface area (Å²) in [5.74, 6) is 0. The molecule has 3 rings (SSSR count). The summed E-state index contributed by atoms with van der Waals surface area (Å²) >= 11 is 8.68. The summed E-state index contributed by atoms with van der Waals surface area (Å²) in [6.45, 7) is 0. The Hall–Kier alpha value is -0.680. The van der Waals surface area contributed by atoms with E-state index >= 15 is 0 Å². The van der Waals surface area contributed by atoms with E-state index in [1.807, 2.05) is 0 Å². The number of fused-ring (bicyclic) bond motifs is 1. The summed E-state index contributed by atoms with van der Waals surface area (Å²) < 4.78 is 2.14. The van der Waals surface area contributed by atoms with E-state index in [4.69, 9.17) is 5.73 Å². The Morgan fingerprint density at radius 2 is 1.68 bits per heavy atom. The highest BCUT2D eigenvalue weighted by Crippen LogP contribution is 2.37. The number of hydrogen-bond acceptors (Lipinski definition) is 2. The lowest BCUT2D eigenvalue weighted by molar-refractivity contribution is 0.895. The van der Waals surface area contributed by atoms with Crippen molar-refractivity contribution in [3.8, 4) is 0 Å². The highest BCUT2D eigenvalue weighted by molar-refractivity contribution is 9.13. The Morgan fingerprint density at radius 1 is 0.947 bits per heavy atom. The molecule has 1 aromatic heterocycles. The van der Waals surface area contributed by atoms with Gasteiger partial charge in [0.15, 0.2) is 0 Å². The third kappa shape index (κ3) is 2.63. The molecule has 1 atom stereocenters. The van der Waals surface area contributed by atoms with Crippen LogP contribution in [0.15, 0.2) is 56.8 Å². The first-order valence-electron chi connectivity index (χ1n) is 5.84. The molecular weight excluding hydrogens is 386 g/mol. The van der Waals surface area contributed by atoms with Gasteiger partial charge in [0.1, 0.15) is 0 Å². The van der Waals surface area contributed by atoms with Gasteiger partial charge in [-0.3, -0.25) is 0 Å². The number of benzene rings is 2. The zero-order valence-corrected chi connectivity index (χ0v) is 13.9. The third-order valence-electron chi connectivity index (χ3n) is 3.10. The van der Waals surface area contributed by atoms with Gasteiger partial charge in [0.25, 0.3) is 0 Å².